The van der Waals surface area contributed by atoms with Gasteiger partial charge in [0.25, 0.3) is 0 Å². The van der Waals surface area contributed by atoms with Crippen molar-refractivity contribution in [3.63, 3.8) is 0 Å². The minimum Gasteiger partial charge on any atom is -0.612 e. The van der Waals surface area contributed by atoms with Crippen molar-refractivity contribution in [2.24, 2.45) is 0 Å². The Hall–Kier alpha value is 0.0500. The summed E-state index contributed by atoms with van der Waals surface area (Å²) >= 11 is -0.763. The van der Waals surface area contributed by atoms with Crippen molar-refractivity contribution in [1.82, 2.24) is 0 Å². The first kappa shape index (κ1) is 7.05. The van der Waals surface area contributed by atoms with Crippen LogP contribution < -0.4 is 0 Å². The molecule has 0 fully saturated rings. The fraction of sp³-hybridized carbons (Fsp3) is 0.600. The third-order valence-corrected chi connectivity index (χ3v) is 1.77. The largest absolute Gasteiger partial charge is 0.612 e. The van der Waals surface area contributed by atoms with Gasteiger partial charge < -0.3 is 4.55 Å². The van der Waals surface area contributed by atoms with Gasteiger partial charge in [0.1, 0.15) is 11.2 Å². The van der Waals surface area contributed by atoms with E-state index >= 15 is 0 Å². The molecule has 0 heterocycles. The van der Waals surface area contributed by atoms with Crippen molar-refractivity contribution >= 4 is 11.2 Å². The van der Waals surface area contributed by atoms with Crippen LogP contribution in [0.1, 0.15) is 13.3 Å². The first-order chi connectivity index (χ1) is 3.31. The summed E-state index contributed by atoms with van der Waals surface area (Å²) in [6.07, 6.45) is 0.971. The van der Waals surface area contributed by atoms with E-state index in [4.69, 9.17) is 0 Å². The van der Waals surface area contributed by atoms with Gasteiger partial charge in [0.05, 0.1) is 0 Å². The molecule has 0 rings (SSSR count). The zero-order chi connectivity index (χ0) is 5.70. The smallest absolute Gasteiger partial charge is 0.110 e. The van der Waals surface area contributed by atoms with Crippen LogP contribution in [0, 0.1) is 0 Å². The van der Waals surface area contributed by atoms with Crippen molar-refractivity contribution in [3.05, 3.63) is 12.0 Å². The molecule has 0 aliphatic carbocycles. The SMILES string of the molecule is C=C[S+]([O-])CCC. The Labute approximate surface area is 47.6 Å². The van der Waals surface area contributed by atoms with Crippen molar-refractivity contribution < 1.29 is 4.55 Å². The molecule has 0 N–H and O–H groups in total. The molecule has 0 saturated heterocycles. The maximum atomic E-state index is 10.4. The van der Waals surface area contributed by atoms with Gasteiger partial charge in [-0.3, -0.25) is 0 Å². The van der Waals surface area contributed by atoms with E-state index < -0.39 is 11.2 Å². The van der Waals surface area contributed by atoms with Gasteiger partial charge in [0.2, 0.25) is 0 Å². The molecule has 0 aromatic rings. The first-order valence-electron chi connectivity index (χ1n) is 2.31. The lowest BCUT2D eigenvalue weighted by molar-refractivity contribution is 0.602. The second-order valence-electron chi connectivity index (χ2n) is 1.25. The average molecular weight is 118 g/mol. The average Bonchev–Trinajstić information content (AvgIpc) is 1.68. The minimum absolute atomic E-state index is 0.753. The lowest BCUT2D eigenvalue weighted by Crippen LogP contribution is -1.98. The Balaban J connectivity index is 2.98. The Morgan fingerprint density at radius 3 is 2.57 bits per heavy atom. The van der Waals surface area contributed by atoms with Gasteiger partial charge in [0.15, 0.2) is 0 Å². The van der Waals surface area contributed by atoms with Crippen LogP contribution in [-0.4, -0.2) is 10.3 Å². The lowest BCUT2D eigenvalue weighted by atomic mass is 10.6. The Kier molecular flexibility index (Phi) is 4.25. The molecule has 0 radical (unpaired) electrons. The summed E-state index contributed by atoms with van der Waals surface area (Å²) in [5.41, 5.74) is 0. The quantitative estimate of drug-likeness (QED) is 0.512. The van der Waals surface area contributed by atoms with Crippen LogP contribution in [0.15, 0.2) is 12.0 Å². The molecule has 0 aromatic carbocycles. The fourth-order valence-corrected chi connectivity index (χ4v) is 0.854. The number of hydrogen-bond donors (Lipinski definition) is 0. The topological polar surface area (TPSA) is 23.1 Å². The van der Waals surface area contributed by atoms with Crippen LogP contribution in [0.5, 0.6) is 0 Å². The van der Waals surface area contributed by atoms with E-state index in [1.807, 2.05) is 6.92 Å². The maximum absolute atomic E-state index is 10.4. The molecule has 0 aliphatic heterocycles. The van der Waals surface area contributed by atoms with Crippen LogP contribution in [-0.2, 0) is 11.2 Å². The summed E-state index contributed by atoms with van der Waals surface area (Å²) in [5.74, 6) is 0.753. The third-order valence-electron chi connectivity index (χ3n) is 0.591. The summed E-state index contributed by atoms with van der Waals surface area (Å²) in [7, 11) is 0. The van der Waals surface area contributed by atoms with Gasteiger partial charge in [-0.25, -0.2) is 0 Å². The predicted octanol–water partition coefficient (Wildman–Crippen LogP) is 1.29. The zero-order valence-corrected chi connectivity index (χ0v) is 5.33. The third kappa shape index (κ3) is 3.89. The van der Waals surface area contributed by atoms with E-state index in [1.165, 1.54) is 5.41 Å². The minimum atomic E-state index is -0.763. The molecule has 0 amide bonds. The predicted molar refractivity (Wildman–Crippen MR) is 33.5 cm³/mol. The highest BCUT2D eigenvalue weighted by molar-refractivity contribution is 7.94. The van der Waals surface area contributed by atoms with E-state index in [0.29, 0.717) is 0 Å². The molecule has 0 spiro atoms. The van der Waals surface area contributed by atoms with Crippen LogP contribution in [0.4, 0.5) is 0 Å². The highest BCUT2D eigenvalue weighted by Crippen LogP contribution is 1.91. The normalized spacial score (nSPS) is 13.4. The van der Waals surface area contributed by atoms with Crippen molar-refractivity contribution in [3.8, 4) is 0 Å². The molecule has 0 saturated carbocycles. The second kappa shape index (κ2) is 4.22. The van der Waals surface area contributed by atoms with Crippen LogP contribution in [0.25, 0.3) is 0 Å². The van der Waals surface area contributed by atoms with Crippen molar-refractivity contribution in [2.75, 3.05) is 5.75 Å². The molecule has 0 aliphatic rings. The Bertz CT molecular complexity index is 54.0. The van der Waals surface area contributed by atoms with E-state index in [0.717, 1.165) is 12.2 Å². The maximum Gasteiger partial charge on any atom is 0.110 e. The molecule has 1 unspecified atom stereocenters. The monoisotopic (exact) mass is 118 g/mol. The number of hydrogen-bond acceptors (Lipinski definition) is 1. The first-order valence-corrected chi connectivity index (χ1v) is 3.69. The molecule has 0 aromatic heterocycles. The van der Waals surface area contributed by atoms with Crippen LogP contribution in [0.3, 0.4) is 0 Å². The molecule has 1 nitrogen and oxygen atoms in total. The molecular weight excluding hydrogens is 108 g/mol. The molecule has 42 valence electrons. The Morgan fingerprint density at radius 2 is 2.43 bits per heavy atom. The van der Waals surface area contributed by atoms with Gasteiger partial charge in [-0.2, -0.15) is 0 Å². The van der Waals surface area contributed by atoms with E-state index in [9.17, 15) is 4.55 Å². The van der Waals surface area contributed by atoms with Crippen molar-refractivity contribution in [2.45, 2.75) is 13.3 Å². The van der Waals surface area contributed by atoms with Gasteiger partial charge in [-0.15, -0.1) is 0 Å². The highest BCUT2D eigenvalue weighted by Gasteiger charge is 1.92. The molecular formula is C5H10OS. The molecule has 1 atom stereocenters. The molecule has 7 heavy (non-hydrogen) atoms. The van der Waals surface area contributed by atoms with Gasteiger partial charge in [-0.05, 0) is 17.6 Å². The van der Waals surface area contributed by atoms with Crippen molar-refractivity contribution in [1.29, 1.82) is 0 Å². The standard InChI is InChI=1S/C5H10OS/c1-3-5-7(6)4-2/h4H,2-3,5H2,1H3. The zero-order valence-electron chi connectivity index (χ0n) is 4.52. The molecule has 2 heteroatoms. The van der Waals surface area contributed by atoms with Gasteiger partial charge >= 0.3 is 0 Å². The van der Waals surface area contributed by atoms with Gasteiger partial charge in [0, 0.05) is 0 Å². The molecule has 0 bridgehead atoms. The van der Waals surface area contributed by atoms with Crippen LogP contribution in [0.2, 0.25) is 0 Å². The Morgan fingerprint density at radius 1 is 1.86 bits per heavy atom. The number of rotatable bonds is 3. The summed E-state index contributed by atoms with van der Waals surface area (Å²) in [4.78, 5) is 0. The lowest BCUT2D eigenvalue weighted by Gasteiger charge is -1.99. The van der Waals surface area contributed by atoms with Gasteiger partial charge in [-0.1, -0.05) is 13.5 Å². The second-order valence-corrected chi connectivity index (χ2v) is 2.75. The highest BCUT2D eigenvalue weighted by atomic mass is 32.2. The summed E-state index contributed by atoms with van der Waals surface area (Å²) < 4.78 is 10.4. The van der Waals surface area contributed by atoms with E-state index in [1.54, 1.807) is 0 Å². The summed E-state index contributed by atoms with van der Waals surface area (Å²) in [6, 6.07) is 0. The van der Waals surface area contributed by atoms with E-state index in [2.05, 4.69) is 6.58 Å². The summed E-state index contributed by atoms with van der Waals surface area (Å²) in [6.45, 7) is 5.38. The van der Waals surface area contributed by atoms with E-state index in [-0.39, 0.29) is 0 Å². The van der Waals surface area contributed by atoms with Crippen LogP contribution >= 0.6 is 0 Å². The fourth-order valence-electron chi connectivity index (χ4n) is 0.285. The summed E-state index contributed by atoms with van der Waals surface area (Å²) in [5, 5.41) is 1.48.